The Morgan fingerprint density at radius 1 is 1.00 bits per heavy atom. The van der Waals surface area contributed by atoms with Gasteiger partial charge in [0.1, 0.15) is 0 Å². The first-order valence-corrected chi connectivity index (χ1v) is 10.7. The zero-order valence-corrected chi connectivity index (χ0v) is 20.8. The van der Waals surface area contributed by atoms with Gasteiger partial charge in [0.25, 0.3) is 5.91 Å². The van der Waals surface area contributed by atoms with Gasteiger partial charge in [-0.2, -0.15) is 0 Å². The molecule has 0 spiro atoms. The van der Waals surface area contributed by atoms with Crippen LogP contribution in [0.15, 0.2) is 59.6 Å². The van der Waals surface area contributed by atoms with Gasteiger partial charge in [-0.1, -0.05) is 55.8 Å². The van der Waals surface area contributed by atoms with E-state index in [0.29, 0.717) is 31.2 Å². The number of nitrogens with zero attached hydrogens (tertiary/aromatic N) is 1. The number of halogens is 1. The lowest BCUT2D eigenvalue weighted by molar-refractivity contribution is 0.0953. The number of aliphatic hydroxyl groups is 1. The fraction of sp³-hybridized carbons (Fsp3) is 0.417. The van der Waals surface area contributed by atoms with Crippen molar-refractivity contribution in [3.63, 3.8) is 0 Å². The minimum absolute atomic E-state index is 0. The summed E-state index contributed by atoms with van der Waals surface area (Å²) in [6.45, 7) is 6.73. The van der Waals surface area contributed by atoms with Gasteiger partial charge in [0.15, 0.2) is 5.96 Å². The Kier molecular flexibility index (Phi) is 13.6. The van der Waals surface area contributed by atoms with E-state index in [1.54, 1.807) is 0 Å². The van der Waals surface area contributed by atoms with E-state index in [1.807, 2.05) is 61.5 Å². The van der Waals surface area contributed by atoms with Crippen LogP contribution in [0.3, 0.4) is 0 Å². The molecular weight excluding hydrogens is 503 g/mol. The summed E-state index contributed by atoms with van der Waals surface area (Å²) in [7, 11) is 0. The molecule has 0 fully saturated rings. The summed E-state index contributed by atoms with van der Waals surface area (Å²) in [6.07, 6.45) is 2.05. The summed E-state index contributed by atoms with van der Waals surface area (Å²) in [5, 5.41) is 19.2. The molecule has 2 aromatic rings. The van der Waals surface area contributed by atoms with Crippen LogP contribution in [-0.4, -0.2) is 43.2 Å². The van der Waals surface area contributed by atoms with E-state index >= 15 is 0 Å². The number of unbranched alkanes of at least 4 members (excludes halogenated alkanes) is 1. The summed E-state index contributed by atoms with van der Waals surface area (Å²) in [6, 6.07) is 17.5. The Hall–Kier alpha value is -2.13. The molecule has 0 bridgehead atoms. The predicted molar refractivity (Wildman–Crippen MR) is 138 cm³/mol. The lowest BCUT2D eigenvalue weighted by atomic mass is 10.0. The molecular formula is C24H35IN4O2. The number of aliphatic imine (C=N–C) groups is 1. The molecule has 1 atom stereocenters. The van der Waals surface area contributed by atoms with Crippen molar-refractivity contribution in [3.05, 3.63) is 71.3 Å². The van der Waals surface area contributed by atoms with Gasteiger partial charge in [-0.15, -0.1) is 24.0 Å². The molecule has 0 aromatic heterocycles. The third-order valence-electron chi connectivity index (χ3n) is 4.80. The molecule has 170 valence electrons. The summed E-state index contributed by atoms with van der Waals surface area (Å²) in [4.78, 5) is 16.7. The monoisotopic (exact) mass is 538 g/mol. The Morgan fingerprint density at radius 3 is 2.32 bits per heavy atom. The first-order valence-electron chi connectivity index (χ1n) is 10.7. The topological polar surface area (TPSA) is 85.8 Å². The lowest BCUT2D eigenvalue weighted by Crippen LogP contribution is -2.39. The number of guanidine groups is 1. The maximum Gasteiger partial charge on any atom is 0.251 e. The quantitative estimate of drug-likeness (QED) is 0.152. The number of rotatable bonds is 11. The van der Waals surface area contributed by atoms with E-state index < -0.39 is 0 Å². The van der Waals surface area contributed by atoms with Crippen molar-refractivity contribution >= 4 is 35.8 Å². The molecule has 6 nitrogen and oxygen atoms in total. The van der Waals surface area contributed by atoms with Crippen LogP contribution in [0, 0.1) is 0 Å². The lowest BCUT2D eigenvalue weighted by Gasteiger charge is -2.18. The Balaban J connectivity index is 0.00000480. The third kappa shape index (κ3) is 9.69. The van der Waals surface area contributed by atoms with E-state index in [0.717, 1.165) is 30.5 Å². The van der Waals surface area contributed by atoms with E-state index in [4.69, 9.17) is 0 Å². The maximum atomic E-state index is 12.1. The smallest absolute Gasteiger partial charge is 0.251 e. The van der Waals surface area contributed by atoms with E-state index in [-0.39, 0.29) is 42.4 Å². The van der Waals surface area contributed by atoms with Crippen molar-refractivity contribution in [3.8, 4) is 0 Å². The average molecular weight is 538 g/mol. The highest BCUT2D eigenvalue weighted by Crippen LogP contribution is 2.13. The molecule has 0 radical (unpaired) electrons. The number of hydrogen-bond donors (Lipinski definition) is 4. The molecule has 2 rings (SSSR count). The number of hydrogen-bond acceptors (Lipinski definition) is 3. The molecule has 4 N–H and O–H groups in total. The van der Waals surface area contributed by atoms with Gasteiger partial charge in [0, 0.05) is 31.1 Å². The van der Waals surface area contributed by atoms with Crippen LogP contribution in [0.1, 0.15) is 54.1 Å². The van der Waals surface area contributed by atoms with Crippen LogP contribution < -0.4 is 16.0 Å². The number of benzene rings is 2. The second-order valence-electron chi connectivity index (χ2n) is 7.17. The highest BCUT2D eigenvalue weighted by molar-refractivity contribution is 14.0. The van der Waals surface area contributed by atoms with Gasteiger partial charge in [-0.25, -0.2) is 4.99 Å². The average Bonchev–Trinajstić information content (AvgIpc) is 2.79. The zero-order chi connectivity index (χ0) is 21.6. The molecule has 7 heteroatoms. The molecule has 2 aromatic carbocycles. The molecule has 31 heavy (non-hydrogen) atoms. The number of carbonyl (C=O) groups excluding carboxylic acids is 1. The Morgan fingerprint density at radius 2 is 1.71 bits per heavy atom. The zero-order valence-electron chi connectivity index (χ0n) is 18.4. The second kappa shape index (κ2) is 15.6. The SMILES string of the molecule is CCCCNC(=O)c1ccc(CN=C(NCC)NCC(CO)c2ccccc2)cc1.I. The van der Waals surface area contributed by atoms with Crippen molar-refractivity contribution < 1.29 is 9.90 Å². The molecule has 1 unspecified atom stereocenters. The second-order valence-corrected chi connectivity index (χ2v) is 7.17. The first-order chi connectivity index (χ1) is 14.7. The number of amides is 1. The van der Waals surface area contributed by atoms with Gasteiger partial charge in [0.05, 0.1) is 13.2 Å². The van der Waals surface area contributed by atoms with Crippen molar-refractivity contribution in [1.82, 2.24) is 16.0 Å². The minimum Gasteiger partial charge on any atom is -0.396 e. The molecule has 0 saturated heterocycles. The van der Waals surface area contributed by atoms with E-state index in [2.05, 4.69) is 27.9 Å². The number of carbonyl (C=O) groups is 1. The van der Waals surface area contributed by atoms with E-state index in [1.165, 1.54) is 0 Å². The normalized spacial score (nSPS) is 11.9. The van der Waals surface area contributed by atoms with Crippen LogP contribution in [0.5, 0.6) is 0 Å². The van der Waals surface area contributed by atoms with Gasteiger partial charge < -0.3 is 21.1 Å². The minimum atomic E-state index is -0.0375. The maximum absolute atomic E-state index is 12.1. The van der Waals surface area contributed by atoms with E-state index in [9.17, 15) is 9.90 Å². The Labute approximate surface area is 203 Å². The highest BCUT2D eigenvalue weighted by Gasteiger charge is 2.11. The number of nitrogens with one attached hydrogen (secondary N) is 3. The summed E-state index contributed by atoms with van der Waals surface area (Å²) in [5.74, 6) is 0.665. The van der Waals surface area contributed by atoms with Crippen LogP contribution in [0.2, 0.25) is 0 Å². The summed E-state index contributed by atoms with van der Waals surface area (Å²) < 4.78 is 0. The van der Waals surface area contributed by atoms with Gasteiger partial charge in [-0.3, -0.25) is 4.79 Å². The van der Waals surface area contributed by atoms with Gasteiger partial charge in [-0.05, 0) is 36.6 Å². The number of aliphatic hydroxyl groups excluding tert-OH is 1. The fourth-order valence-corrected chi connectivity index (χ4v) is 2.99. The molecule has 0 aliphatic carbocycles. The molecule has 0 aliphatic rings. The molecule has 0 saturated carbocycles. The van der Waals surface area contributed by atoms with Gasteiger partial charge >= 0.3 is 0 Å². The molecule has 0 aliphatic heterocycles. The van der Waals surface area contributed by atoms with Gasteiger partial charge in [0.2, 0.25) is 0 Å². The fourth-order valence-electron chi connectivity index (χ4n) is 2.99. The molecule has 1 amide bonds. The third-order valence-corrected chi connectivity index (χ3v) is 4.80. The van der Waals surface area contributed by atoms with Crippen LogP contribution in [0.4, 0.5) is 0 Å². The summed E-state index contributed by atoms with van der Waals surface area (Å²) >= 11 is 0. The Bertz CT molecular complexity index is 782. The standard InChI is InChI=1S/C24H34N4O2.HI/c1-3-5-15-26-23(30)21-13-11-19(12-14-21)16-27-24(25-4-2)28-17-22(18-29)20-9-7-6-8-10-20;/h6-14,22,29H,3-5,15-18H2,1-2H3,(H,26,30)(H2,25,27,28);1H. The van der Waals surface area contributed by atoms with Crippen molar-refractivity contribution in [2.75, 3.05) is 26.2 Å². The first kappa shape index (κ1) is 26.9. The molecule has 0 heterocycles. The highest BCUT2D eigenvalue weighted by atomic mass is 127. The van der Waals surface area contributed by atoms with Crippen molar-refractivity contribution in [2.24, 2.45) is 4.99 Å². The predicted octanol–water partition coefficient (Wildman–Crippen LogP) is 3.67. The van der Waals surface area contributed by atoms with Crippen molar-refractivity contribution in [2.45, 2.75) is 39.2 Å². The van der Waals surface area contributed by atoms with Crippen molar-refractivity contribution in [1.29, 1.82) is 0 Å². The van der Waals surface area contributed by atoms with Crippen LogP contribution >= 0.6 is 24.0 Å². The largest absolute Gasteiger partial charge is 0.396 e. The summed E-state index contributed by atoms with van der Waals surface area (Å²) in [5.41, 5.74) is 2.78. The van der Waals surface area contributed by atoms with Crippen LogP contribution in [0.25, 0.3) is 0 Å². The van der Waals surface area contributed by atoms with Crippen LogP contribution in [-0.2, 0) is 6.54 Å².